The van der Waals surface area contributed by atoms with Gasteiger partial charge >= 0.3 is 5.97 Å². The second-order valence-corrected chi connectivity index (χ2v) is 6.38. The number of carboxylic acid groups (broad SMARTS) is 1. The third-order valence-corrected chi connectivity index (χ3v) is 3.50. The van der Waals surface area contributed by atoms with Gasteiger partial charge in [-0.3, -0.25) is 19.2 Å². The van der Waals surface area contributed by atoms with Crippen molar-refractivity contribution in [3.05, 3.63) is 35.9 Å². The molecule has 1 aromatic carbocycles. The van der Waals surface area contributed by atoms with Crippen molar-refractivity contribution in [2.75, 3.05) is 33.0 Å². The molecule has 0 aliphatic heterocycles. The molecule has 0 aliphatic rings. The van der Waals surface area contributed by atoms with Crippen LogP contribution in [0.25, 0.3) is 0 Å². The van der Waals surface area contributed by atoms with E-state index in [1.165, 1.54) is 6.41 Å². The summed E-state index contributed by atoms with van der Waals surface area (Å²) in [4.78, 5) is 63.0. The molecule has 1 unspecified atom stereocenters. The van der Waals surface area contributed by atoms with Crippen LogP contribution in [-0.2, 0) is 39.9 Å². The molecule has 0 spiro atoms. The third-order valence-electron chi connectivity index (χ3n) is 3.50. The number of nitrogens with one attached hydrogen (secondary N) is 5. The molecule has 0 saturated carbocycles. The van der Waals surface area contributed by atoms with E-state index < -0.39 is 24.4 Å². The first-order chi connectivity index (χ1) is 15.8. The van der Waals surface area contributed by atoms with Crippen LogP contribution in [0, 0.1) is 0 Å². The summed E-state index contributed by atoms with van der Waals surface area (Å²) in [6.45, 7) is 0.789. The maximum absolute atomic E-state index is 11.6. The van der Waals surface area contributed by atoms with Crippen LogP contribution in [0.1, 0.15) is 12.5 Å². The molecule has 0 saturated heterocycles. The van der Waals surface area contributed by atoms with Gasteiger partial charge in [0.05, 0.1) is 19.6 Å². The van der Waals surface area contributed by atoms with E-state index in [2.05, 4.69) is 31.3 Å². The molecule has 5 amide bonds. The number of hydrogen-bond acceptors (Lipinski definition) is 7. The minimum Gasteiger partial charge on any atom is -0.522 e. The number of carboxylic acids is 1. The van der Waals surface area contributed by atoms with Crippen molar-refractivity contribution in [2.45, 2.75) is 19.4 Å². The van der Waals surface area contributed by atoms with Gasteiger partial charge in [-0.25, -0.2) is 4.79 Å². The molecule has 0 fully saturated rings. The molecule has 6 N–H and O–H groups in total. The first-order valence-electron chi connectivity index (χ1n) is 9.71. The number of carbonyl (C=O) groups is 5. The topological polar surface area (TPSA) is 192 Å². The van der Waals surface area contributed by atoms with Gasteiger partial charge in [0.2, 0.25) is 24.1 Å². The standard InChI is InChI=1S/C14H18N3O3.C6H10N2O5.Fm/c1-11(7-12-5-3-2-4-6-12)17-14(20)9-16-13(19)8-15-10-18;9-3-7-1-5(10)8-4-13-2-6(11)12;/h2-6,11H,7-9H2,1H3,(H,15,18)(H,16,19)(H,17,20);3H,1-2,4H2,(H,7,9)(H,8,10)(H,11,12);/q-1;;. The van der Waals surface area contributed by atoms with Gasteiger partial charge in [0.1, 0.15) is 13.3 Å². The Morgan fingerprint density at radius 3 is 2.26 bits per heavy atom. The molecule has 1 aromatic rings. The largest absolute Gasteiger partial charge is 0.522 e. The average molecular weight is 723 g/mol. The molecular weight excluding hydrogens is 695 g/mol. The summed E-state index contributed by atoms with van der Waals surface area (Å²) in [7, 11) is 0. The molecule has 0 aliphatic carbocycles. The zero-order chi connectivity index (χ0) is 24.9. The average Bonchev–Trinajstić information content (AvgIpc) is 2.78. The number of amides is 5. The van der Waals surface area contributed by atoms with Crippen LogP contribution in [0.3, 0.4) is 0 Å². The maximum atomic E-state index is 11.6. The number of carbonyl (C=O) groups excluding carboxylic acids is 5. The summed E-state index contributed by atoms with van der Waals surface area (Å²) in [6.07, 6.45) is 2.50. The predicted molar refractivity (Wildman–Crippen MR) is 115 cm³/mol. The van der Waals surface area contributed by atoms with E-state index in [-0.39, 0.29) is 38.3 Å². The van der Waals surface area contributed by atoms with Crippen molar-refractivity contribution in [2.24, 2.45) is 0 Å². The van der Waals surface area contributed by atoms with Crippen LogP contribution >= 0.6 is 0 Å². The van der Waals surface area contributed by atoms with E-state index in [0.717, 1.165) is 12.0 Å². The van der Waals surface area contributed by atoms with Crippen LogP contribution in [-0.4, -0.2) is 80.6 Å². The van der Waals surface area contributed by atoms with Crippen molar-refractivity contribution in [1.82, 2.24) is 26.6 Å². The normalized spacial score (nSPS) is 10.0. The van der Waals surface area contributed by atoms with E-state index >= 15 is 0 Å². The fourth-order valence-electron chi connectivity index (χ4n) is 2.17. The van der Waals surface area contributed by atoms with E-state index in [4.69, 9.17) is 5.11 Å². The molecule has 13 nitrogen and oxygen atoms in total. The molecule has 1 atom stereocenters. The van der Waals surface area contributed by atoms with Crippen molar-refractivity contribution in [3.8, 4) is 0 Å². The Morgan fingerprint density at radius 1 is 1.03 bits per heavy atom. The molecule has 0 bridgehead atoms. The van der Waals surface area contributed by atoms with Crippen molar-refractivity contribution >= 4 is 36.5 Å². The second kappa shape index (κ2) is 19.9. The summed E-state index contributed by atoms with van der Waals surface area (Å²) < 4.78 is 4.50. The Hall–Kier alpha value is -5.00. The van der Waals surface area contributed by atoms with Crippen molar-refractivity contribution in [3.63, 3.8) is 0 Å². The zero-order valence-corrected chi connectivity index (χ0v) is 20.8. The van der Waals surface area contributed by atoms with E-state index in [9.17, 15) is 28.8 Å². The Bertz CT molecular complexity index is 767. The molecule has 34 heavy (non-hydrogen) atoms. The minimum absolute atomic E-state index is 0. The molecular formula is C20H28FmN5O8-. The summed E-state index contributed by atoms with van der Waals surface area (Å²) >= 11 is 0. The van der Waals surface area contributed by atoms with Crippen LogP contribution in [0.4, 0.5) is 0 Å². The quantitative estimate of drug-likeness (QED) is 0.0374. The monoisotopic (exact) mass is 723 g/mol. The molecule has 0 aromatic heterocycles. The fraction of sp³-hybridized carbons (Fsp3) is 0.400. The fourth-order valence-corrected chi connectivity index (χ4v) is 2.17. The predicted octanol–water partition coefficient (Wildman–Crippen LogP) is -2.59. The van der Waals surface area contributed by atoms with Gasteiger partial charge in [-0.1, -0.05) is 30.3 Å². The van der Waals surface area contributed by atoms with Crippen LogP contribution in [0.5, 0.6) is 0 Å². The maximum Gasteiger partial charge on any atom is 0.329 e. The van der Waals surface area contributed by atoms with E-state index in [1.807, 2.05) is 37.3 Å². The minimum atomic E-state index is -1.11. The Morgan fingerprint density at radius 2 is 1.68 bits per heavy atom. The first-order valence-corrected chi connectivity index (χ1v) is 9.71. The van der Waals surface area contributed by atoms with Gasteiger partial charge in [0.25, 0.3) is 0 Å². The number of hydrogen-bond donors (Lipinski definition) is 6. The van der Waals surface area contributed by atoms with Gasteiger partial charge in [-0.2, -0.15) is 6.41 Å². The zero-order valence-electron chi connectivity index (χ0n) is 18.4. The van der Waals surface area contributed by atoms with E-state index in [1.54, 1.807) is 0 Å². The molecule has 0 heterocycles. The number of aliphatic carboxylic acids is 1. The number of benzene rings is 1. The van der Waals surface area contributed by atoms with Gasteiger partial charge in [0.15, 0.2) is 0 Å². The SMILES string of the molecule is CC(Cc1ccccc1)NC(=O)CNC(=O)CN[C-]=O.O=CNCC(=O)NCOCC(=O)O.[Fm]. The van der Waals surface area contributed by atoms with E-state index in [0.29, 0.717) is 6.41 Å². The van der Waals surface area contributed by atoms with Gasteiger partial charge in [-0.15, -0.1) is 0 Å². The second-order valence-electron chi connectivity index (χ2n) is 6.38. The Balaban J connectivity index is 0. The smallest absolute Gasteiger partial charge is 0.329 e. The van der Waals surface area contributed by atoms with Crippen molar-refractivity contribution in [1.29, 1.82) is 0 Å². The summed E-state index contributed by atoms with van der Waals surface area (Å²) in [5.74, 6) is -2.26. The molecule has 0 radical (unpaired) electrons. The molecule has 14 heteroatoms. The number of rotatable bonds is 15. The summed E-state index contributed by atoms with van der Waals surface area (Å²) in [6, 6.07) is 9.79. The third kappa shape index (κ3) is 19.0. The van der Waals surface area contributed by atoms with Gasteiger partial charge in [0, 0.05) is 6.04 Å². The van der Waals surface area contributed by atoms with Crippen LogP contribution < -0.4 is 26.6 Å². The van der Waals surface area contributed by atoms with Crippen molar-refractivity contribution < 1.29 is 38.6 Å². The first kappa shape index (κ1) is 31.2. The Labute approximate surface area is 190 Å². The summed E-state index contributed by atoms with van der Waals surface area (Å²) in [5.41, 5.74) is 1.13. The van der Waals surface area contributed by atoms with Crippen LogP contribution in [0.2, 0.25) is 0 Å². The summed E-state index contributed by atoms with van der Waals surface area (Å²) in [5, 5.41) is 19.8. The number of ether oxygens (including phenoxy) is 1. The van der Waals surface area contributed by atoms with Crippen LogP contribution in [0.15, 0.2) is 30.3 Å². The van der Waals surface area contributed by atoms with Gasteiger partial charge in [-0.05, 0) is 18.9 Å². The molecule has 194 valence electrons. The van der Waals surface area contributed by atoms with Gasteiger partial charge < -0.3 is 41.2 Å². The Kier molecular flexibility index (Phi) is 18.3. The molecule has 1 rings (SSSR count).